The molecule has 2 aromatic carbocycles. The number of fused-ring (bicyclic) bond motifs is 1. The second kappa shape index (κ2) is 21.1. The zero-order valence-corrected chi connectivity index (χ0v) is 28.3. The van der Waals surface area contributed by atoms with Crippen molar-refractivity contribution in [3.63, 3.8) is 0 Å². The van der Waals surface area contributed by atoms with Crippen molar-refractivity contribution in [1.82, 2.24) is 15.2 Å². The van der Waals surface area contributed by atoms with Gasteiger partial charge in [0.25, 0.3) is 0 Å². The Morgan fingerprint density at radius 2 is 1.80 bits per heavy atom. The summed E-state index contributed by atoms with van der Waals surface area (Å²) in [5, 5.41) is 11.3. The Balaban J connectivity index is 0.000000306. The van der Waals surface area contributed by atoms with Crippen LogP contribution in [0.5, 0.6) is 0 Å². The first-order valence-corrected chi connectivity index (χ1v) is 16.3. The fraction of sp³-hybridized carbons (Fsp3) is 0.459. The van der Waals surface area contributed by atoms with Gasteiger partial charge in [-0.1, -0.05) is 81.6 Å². The highest BCUT2D eigenvalue weighted by Gasteiger charge is 2.16. The number of aromatic nitrogens is 1. The number of nitrogens with two attached hydrogens (primary N) is 2. The second-order valence-electron chi connectivity index (χ2n) is 11.3. The molecule has 0 aliphatic carbocycles. The van der Waals surface area contributed by atoms with Crippen LogP contribution in [0.1, 0.15) is 71.3 Å². The number of benzene rings is 2. The summed E-state index contributed by atoms with van der Waals surface area (Å²) in [5.41, 5.74) is 17.5. The summed E-state index contributed by atoms with van der Waals surface area (Å²) in [6, 6.07) is 20.2. The van der Waals surface area contributed by atoms with E-state index in [1.165, 1.54) is 51.5 Å². The highest BCUT2D eigenvalue weighted by atomic mass is 16.5. The highest BCUT2D eigenvalue weighted by Crippen LogP contribution is 2.25. The molecule has 2 aliphatic heterocycles. The van der Waals surface area contributed by atoms with Crippen molar-refractivity contribution in [2.45, 2.75) is 71.8 Å². The molecule has 1 fully saturated rings. The van der Waals surface area contributed by atoms with E-state index in [4.69, 9.17) is 26.3 Å². The van der Waals surface area contributed by atoms with Gasteiger partial charge < -0.3 is 31.5 Å². The average Bonchev–Trinajstić information content (AvgIpc) is 3.56. The Bertz CT molecular complexity index is 1340. The second-order valence-corrected chi connectivity index (χ2v) is 11.3. The smallest absolute Gasteiger partial charge is 0.149 e. The molecule has 5 rings (SSSR count). The molecule has 8 heteroatoms. The molecule has 3 heterocycles. The lowest BCUT2D eigenvalue weighted by Crippen LogP contribution is -2.30. The van der Waals surface area contributed by atoms with Gasteiger partial charge in [0.15, 0.2) is 0 Å². The van der Waals surface area contributed by atoms with Crippen molar-refractivity contribution in [3.05, 3.63) is 84.3 Å². The molecule has 246 valence electrons. The third-order valence-electron chi connectivity index (χ3n) is 7.74. The molecule has 0 saturated carbocycles. The minimum absolute atomic E-state index is 0.401. The average molecular weight is 617 g/mol. The molecule has 2 atom stereocenters. The Morgan fingerprint density at radius 1 is 1.07 bits per heavy atom. The maximum Gasteiger partial charge on any atom is 0.149 e. The minimum atomic E-state index is 0.401. The summed E-state index contributed by atoms with van der Waals surface area (Å²) in [7, 11) is 4.95. The first-order chi connectivity index (χ1) is 21.9. The number of nitrogens with zero attached hydrogens (tertiary/aromatic N) is 3. The number of unbranched alkanes of at least 4 members (excludes halogenated alkanes) is 1. The lowest BCUT2D eigenvalue weighted by atomic mass is 9.97. The van der Waals surface area contributed by atoms with Crippen LogP contribution in [-0.4, -0.2) is 61.3 Å². The summed E-state index contributed by atoms with van der Waals surface area (Å²) < 4.78 is 5.15. The largest absolute Gasteiger partial charge is 0.400 e. The Labute approximate surface area is 271 Å². The number of amidine groups is 1. The van der Waals surface area contributed by atoms with E-state index in [-0.39, 0.29) is 0 Å². The molecule has 1 aromatic heterocycles. The van der Waals surface area contributed by atoms with Gasteiger partial charge in [0.2, 0.25) is 0 Å². The highest BCUT2D eigenvalue weighted by molar-refractivity contribution is 6.04. The van der Waals surface area contributed by atoms with E-state index < -0.39 is 0 Å². The fourth-order valence-corrected chi connectivity index (χ4v) is 5.33. The van der Waals surface area contributed by atoms with Crippen molar-refractivity contribution < 1.29 is 9.84 Å². The van der Waals surface area contributed by atoms with E-state index in [2.05, 4.69) is 56.3 Å². The van der Waals surface area contributed by atoms with E-state index >= 15 is 0 Å². The van der Waals surface area contributed by atoms with Gasteiger partial charge in [-0.2, -0.15) is 0 Å². The van der Waals surface area contributed by atoms with Gasteiger partial charge in [0.1, 0.15) is 11.5 Å². The number of aliphatic imine (C=N–C) groups is 1. The van der Waals surface area contributed by atoms with Crippen molar-refractivity contribution in [2.75, 3.05) is 34.4 Å². The molecule has 0 amide bonds. The number of pyridine rings is 1. The van der Waals surface area contributed by atoms with Crippen LogP contribution in [0.25, 0.3) is 27.9 Å². The molecular formula is C37H56N6O2. The third kappa shape index (κ3) is 12.3. The van der Waals surface area contributed by atoms with Crippen molar-refractivity contribution in [2.24, 2.45) is 22.4 Å². The van der Waals surface area contributed by atoms with Gasteiger partial charge in [-0.3, -0.25) is 0 Å². The molecular weight excluding hydrogens is 560 g/mol. The van der Waals surface area contributed by atoms with Crippen LogP contribution in [0.4, 0.5) is 0 Å². The number of aliphatic hydroxyl groups is 1. The van der Waals surface area contributed by atoms with Gasteiger partial charge in [0, 0.05) is 49.7 Å². The van der Waals surface area contributed by atoms with E-state index in [1.807, 2.05) is 60.6 Å². The Morgan fingerprint density at radius 3 is 2.38 bits per heavy atom. The monoisotopic (exact) mass is 616 g/mol. The molecule has 45 heavy (non-hydrogen) atoms. The third-order valence-corrected chi connectivity index (χ3v) is 7.74. The standard InChI is InChI=1S/C21H19N5.C10H23N.C5H10O.CH4O/c1-26-12-11-24-21(23)20(26)19(22)16-8-7-15-9-10-17(25-18(15)13-16)14-5-3-2-4-6-14;1-4-6-8-10(7-5-2)9-11-3;1-5-3-2-4-6-5;1-2/h2-13H,22H2,1H3,(H2,23,24);10-11H,4-9H2,1-3H3;5H,2-4H2,1H3;2H,1H3/b20-19-;;;. The molecule has 2 unspecified atom stereocenters. The molecule has 8 nitrogen and oxygen atoms in total. The van der Waals surface area contributed by atoms with Crippen LogP contribution >= 0.6 is 0 Å². The number of hydrogen-bond donors (Lipinski definition) is 4. The molecule has 0 radical (unpaired) electrons. The van der Waals surface area contributed by atoms with Gasteiger partial charge in [0.05, 0.1) is 23.0 Å². The summed E-state index contributed by atoms with van der Waals surface area (Å²) in [5.74, 6) is 1.32. The van der Waals surface area contributed by atoms with Crippen LogP contribution in [0.2, 0.25) is 0 Å². The summed E-state index contributed by atoms with van der Waals surface area (Å²) >= 11 is 0. The molecule has 2 aliphatic rings. The topological polar surface area (TPSA) is 122 Å². The van der Waals surface area contributed by atoms with Crippen molar-refractivity contribution in [1.29, 1.82) is 0 Å². The number of ether oxygens (including phenoxy) is 1. The number of rotatable bonds is 9. The van der Waals surface area contributed by atoms with Crippen LogP contribution in [0.15, 0.2) is 83.8 Å². The van der Waals surface area contributed by atoms with E-state index in [0.717, 1.165) is 47.4 Å². The van der Waals surface area contributed by atoms with Crippen LogP contribution in [0.3, 0.4) is 0 Å². The van der Waals surface area contributed by atoms with Crippen LogP contribution < -0.4 is 16.8 Å². The van der Waals surface area contributed by atoms with Crippen molar-refractivity contribution in [3.8, 4) is 11.3 Å². The van der Waals surface area contributed by atoms with Gasteiger partial charge >= 0.3 is 0 Å². The zero-order valence-electron chi connectivity index (χ0n) is 28.3. The zero-order chi connectivity index (χ0) is 33.0. The van der Waals surface area contributed by atoms with Gasteiger partial charge in [-0.25, -0.2) is 9.98 Å². The number of likely N-dealkylation sites (N-methyl/N-ethyl adjacent to an activating group) is 1. The normalized spacial score (nSPS) is 17.2. The molecule has 3 aromatic rings. The maximum absolute atomic E-state index is 7.00. The fourth-order valence-electron chi connectivity index (χ4n) is 5.33. The Hall–Kier alpha value is -3.72. The number of hydrogen-bond acceptors (Lipinski definition) is 8. The first-order valence-electron chi connectivity index (χ1n) is 16.3. The quantitative estimate of drug-likeness (QED) is 0.206. The molecule has 6 N–H and O–H groups in total. The molecule has 0 bridgehead atoms. The maximum atomic E-state index is 7.00. The SMILES string of the molecule is CC1CCCO1.CCCCC(CCC)CNC.CN1C=CN=C(N)/C1=C(/N)c1ccc2ccc(-c3ccccc3)nc2c1.CO. The van der Waals surface area contributed by atoms with E-state index in [0.29, 0.717) is 23.3 Å². The van der Waals surface area contributed by atoms with E-state index in [1.54, 1.807) is 6.20 Å². The van der Waals surface area contributed by atoms with E-state index in [9.17, 15) is 0 Å². The molecule has 1 saturated heterocycles. The summed E-state index contributed by atoms with van der Waals surface area (Å²) in [4.78, 5) is 10.8. The van der Waals surface area contributed by atoms with Crippen molar-refractivity contribution >= 4 is 22.4 Å². The van der Waals surface area contributed by atoms with Crippen LogP contribution in [-0.2, 0) is 4.74 Å². The van der Waals surface area contributed by atoms with Crippen LogP contribution in [0, 0.1) is 5.92 Å². The van der Waals surface area contributed by atoms with Gasteiger partial charge in [-0.15, -0.1) is 0 Å². The predicted molar refractivity (Wildman–Crippen MR) is 191 cm³/mol. The van der Waals surface area contributed by atoms with Gasteiger partial charge in [-0.05, 0) is 64.3 Å². The summed E-state index contributed by atoms with van der Waals surface area (Å²) in [6.07, 6.45) is 13.4. The first kappa shape index (κ1) is 37.5. The lowest BCUT2D eigenvalue weighted by molar-refractivity contribution is 0.125. The lowest BCUT2D eigenvalue weighted by Gasteiger charge is -2.23. The summed E-state index contributed by atoms with van der Waals surface area (Å²) in [6.45, 7) is 8.85. The number of nitrogens with one attached hydrogen (secondary N) is 1. The predicted octanol–water partition coefficient (Wildman–Crippen LogP) is 6.91. The minimum Gasteiger partial charge on any atom is -0.400 e. The number of aliphatic hydroxyl groups excluding tert-OH is 1. The molecule has 0 spiro atoms. The Kier molecular flexibility index (Phi) is 17.6.